The highest BCUT2D eigenvalue weighted by molar-refractivity contribution is 6.08. The second-order valence-corrected chi connectivity index (χ2v) is 10.7. The standard InChI is InChI=1S/C29H33N7O4/c1-17(2)13-23(33-26(37)19-7-4-3-5-8-19)27(38)32-22-12-11-18-9-6-10-20-14-24(36(25(18)20)29(22)40)28(39)30-15-21-16-31-35-34-21/h3-10,16-17,22-24H,11-15H2,1-2H3,(H,30,39)(H,32,38)(H,33,37)(H,31,34,35)/t22-,23-,24-/m0/s1. The molecule has 0 saturated heterocycles. The van der Waals surface area contributed by atoms with Gasteiger partial charge in [-0.2, -0.15) is 15.4 Å². The largest absolute Gasteiger partial charge is 0.348 e. The van der Waals surface area contributed by atoms with Gasteiger partial charge in [-0.1, -0.05) is 50.2 Å². The molecule has 208 valence electrons. The first-order valence-corrected chi connectivity index (χ1v) is 13.5. The van der Waals surface area contributed by atoms with Crippen molar-refractivity contribution in [1.29, 1.82) is 0 Å². The van der Waals surface area contributed by atoms with Gasteiger partial charge in [-0.3, -0.25) is 24.1 Å². The Kier molecular flexibility index (Phi) is 7.90. The lowest BCUT2D eigenvalue weighted by molar-refractivity contribution is -0.130. The molecule has 3 aromatic rings. The second kappa shape index (κ2) is 11.7. The molecule has 0 fully saturated rings. The van der Waals surface area contributed by atoms with Crippen molar-refractivity contribution in [3.8, 4) is 0 Å². The highest BCUT2D eigenvalue weighted by Gasteiger charge is 2.44. The van der Waals surface area contributed by atoms with Crippen LogP contribution in [0.15, 0.2) is 54.7 Å². The maximum atomic E-state index is 14.0. The third-order valence-corrected chi connectivity index (χ3v) is 7.30. The highest BCUT2D eigenvalue weighted by Crippen LogP contribution is 2.39. The van der Waals surface area contributed by atoms with Crippen molar-refractivity contribution in [1.82, 2.24) is 31.4 Å². The number of nitrogens with zero attached hydrogens (tertiary/aromatic N) is 3. The van der Waals surface area contributed by atoms with Crippen molar-refractivity contribution >= 4 is 29.3 Å². The first-order valence-electron chi connectivity index (χ1n) is 13.5. The fourth-order valence-corrected chi connectivity index (χ4v) is 5.39. The number of aromatic amines is 1. The Hall–Kier alpha value is -4.54. The number of H-pyrrole nitrogens is 1. The maximum absolute atomic E-state index is 14.0. The normalized spacial score (nSPS) is 18.6. The van der Waals surface area contributed by atoms with E-state index in [4.69, 9.17) is 0 Å². The molecule has 4 amide bonds. The van der Waals surface area contributed by atoms with Gasteiger partial charge in [0.2, 0.25) is 17.7 Å². The van der Waals surface area contributed by atoms with Gasteiger partial charge in [0.05, 0.1) is 18.4 Å². The zero-order valence-corrected chi connectivity index (χ0v) is 22.5. The smallest absolute Gasteiger partial charge is 0.251 e. The Morgan fingerprint density at radius 1 is 1.07 bits per heavy atom. The molecule has 0 saturated carbocycles. The van der Waals surface area contributed by atoms with Crippen LogP contribution < -0.4 is 20.9 Å². The van der Waals surface area contributed by atoms with E-state index < -0.39 is 24.0 Å². The molecule has 0 spiro atoms. The number of aryl methyl sites for hydroxylation is 1. The van der Waals surface area contributed by atoms with Crippen molar-refractivity contribution in [2.45, 2.75) is 64.2 Å². The van der Waals surface area contributed by atoms with Gasteiger partial charge in [0.1, 0.15) is 23.8 Å². The van der Waals surface area contributed by atoms with E-state index in [0.717, 1.165) is 16.8 Å². The van der Waals surface area contributed by atoms with Gasteiger partial charge in [0.25, 0.3) is 5.91 Å². The molecule has 1 aromatic heterocycles. The van der Waals surface area contributed by atoms with Crippen molar-refractivity contribution in [2.75, 3.05) is 4.90 Å². The molecule has 40 heavy (non-hydrogen) atoms. The van der Waals surface area contributed by atoms with Crippen LogP contribution in [0.25, 0.3) is 0 Å². The number of hydrogen-bond acceptors (Lipinski definition) is 6. The Balaban J connectivity index is 1.34. The molecule has 5 rings (SSSR count). The van der Waals surface area contributed by atoms with E-state index in [1.54, 1.807) is 29.2 Å². The molecule has 2 aliphatic rings. The van der Waals surface area contributed by atoms with Crippen LogP contribution in [0.4, 0.5) is 5.69 Å². The SMILES string of the molecule is CC(C)C[C@H](NC(=O)c1ccccc1)C(=O)N[C@H]1CCc2cccc3c2N(C1=O)[C@H](C(=O)NCc1cn[nH]n1)C3. The average molecular weight is 544 g/mol. The number of anilines is 1. The average Bonchev–Trinajstić information content (AvgIpc) is 3.59. The van der Waals surface area contributed by atoms with E-state index in [1.165, 1.54) is 6.20 Å². The lowest BCUT2D eigenvalue weighted by Crippen LogP contribution is -2.57. The lowest BCUT2D eigenvalue weighted by Gasteiger charge is -2.29. The fourth-order valence-electron chi connectivity index (χ4n) is 5.39. The van der Waals surface area contributed by atoms with Gasteiger partial charge < -0.3 is 16.0 Å². The van der Waals surface area contributed by atoms with E-state index in [9.17, 15) is 19.2 Å². The van der Waals surface area contributed by atoms with Crippen LogP contribution in [0.3, 0.4) is 0 Å². The fraction of sp³-hybridized carbons (Fsp3) is 0.379. The van der Waals surface area contributed by atoms with E-state index in [2.05, 4.69) is 31.4 Å². The zero-order valence-electron chi connectivity index (χ0n) is 22.5. The summed E-state index contributed by atoms with van der Waals surface area (Å²) in [6.45, 7) is 4.11. The zero-order chi connectivity index (χ0) is 28.2. The summed E-state index contributed by atoms with van der Waals surface area (Å²) in [5.41, 5.74) is 3.67. The summed E-state index contributed by atoms with van der Waals surface area (Å²) in [6, 6.07) is 12.1. The van der Waals surface area contributed by atoms with Crippen molar-refractivity contribution < 1.29 is 19.2 Å². The van der Waals surface area contributed by atoms with Gasteiger partial charge >= 0.3 is 0 Å². The second-order valence-electron chi connectivity index (χ2n) is 10.7. The molecule has 0 unspecified atom stereocenters. The topological polar surface area (TPSA) is 149 Å². The van der Waals surface area contributed by atoms with E-state index >= 15 is 0 Å². The van der Waals surface area contributed by atoms with E-state index in [-0.39, 0.29) is 30.2 Å². The minimum absolute atomic E-state index is 0.125. The monoisotopic (exact) mass is 543 g/mol. The summed E-state index contributed by atoms with van der Waals surface area (Å²) in [4.78, 5) is 55.2. The predicted molar refractivity (Wildman–Crippen MR) is 147 cm³/mol. The third kappa shape index (κ3) is 5.73. The predicted octanol–water partition coefficient (Wildman–Crippen LogP) is 1.65. The number of carbonyl (C=O) groups excluding carboxylic acids is 4. The molecule has 3 atom stereocenters. The third-order valence-electron chi connectivity index (χ3n) is 7.30. The van der Waals surface area contributed by atoms with Crippen molar-refractivity contribution in [3.05, 3.63) is 77.1 Å². The number of nitrogens with one attached hydrogen (secondary N) is 4. The minimum Gasteiger partial charge on any atom is -0.348 e. The molecular weight excluding hydrogens is 510 g/mol. The Morgan fingerprint density at radius 3 is 2.58 bits per heavy atom. The van der Waals surface area contributed by atoms with E-state index in [1.807, 2.05) is 38.1 Å². The summed E-state index contributed by atoms with van der Waals surface area (Å²) in [7, 11) is 0. The Bertz CT molecular complexity index is 1390. The molecule has 11 nitrogen and oxygen atoms in total. The summed E-state index contributed by atoms with van der Waals surface area (Å²) in [5.74, 6) is -1.29. The summed E-state index contributed by atoms with van der Waals surface area (Å²) >= 11 is 0. The number of aromatic nitrogens is 3. The number of benzene rings is 2. The Morgan fingerprint density at radius 2 is 1.85 bits per heavy atom. The number of para-hydroxylation sites is 1. The first kappa shape index (κ1) is 27.0. The van der Waals surface area contributed by atoms with Gasteiger partial charge in [0.15, 0.2) is 0 Å². The molecule has 4 N–H and O–H groups in total. The van der Waals surface area contributed by atoms with Gasteiger partial charge in [0, 0.05) is 12.0 Å². The molecule has 11 heteroatoms. The van der Waals surface area contributed by atoms with Crippen LogP contribution in [0.5, 0.6) is 0 Å². The molecule has 0 aliphatic carbocycles. The van der Waals surface area contributed by atoms with Crippen LogP contribution in [-0.2, 0) is 33.8 Å². The molecule has 0 bridgehead atoms. The minimum atomic E-state index is -0.847. The van der Waals surface area contributed by atoms with Crippen LogP contribution in [-0.4, -0.2) is 57.2 Å². The number of carbonyl (C=O) groups is 4. The highest BCUT2D eigenvalue weighted by atomic mass is 16.2. The van der Waals surface area contributed by atoms with Gasteiger partial charge in [-0.15, -0.1) is 0 Å². The molecule has 0 radical (unpaired) electrons. The summed E-state index contributed by atoms with van der Waals surface area (Å²) < 4.78 is 0. The summed E-state index contributed by atoms with van der Waals surface area (Å²) in [6.07, 6.45) is 3.26. The lowest BCUT2D eigenvalue weighted by atomic mass is 10.00. The van der Waals surface area contributed by atoms with Gasteiger partial charge in [-0.05, 0) is 48.4 Å². The molecule has 2 aromatic carbocycles. The van der Waals surface area contributed by atoms with E-state index in [0.29, 0.717) is 36.9 Å². The Labute approximate surface area is 232 Å². The number of rotatable bonds is 9. The van der Waals surface area contributed by atoms with Crippen LogP contribution >= 0.6 is 0 Å². The molecule has 2 aliphatic heterocycles. The summed E-state index contributed by atoms with van der Waals surface area (Å²) in [5, 5.41) is 18.8. The first-order chi connectivity index (χ1) is 19.3. The van der Waals surface area contributed by atoms with Crippen molar-refractivity contribution in [2.24, 2.45) is 5.92 Å². The number of amides is 4. The molecular formula is C29H33N7O4. The van der Waals surface area contributed by atoms with Crippen LogP contribution in [0, 0.1) is 5.92 Å². The maximum Gasteiger partial charge on any atom is 0.251 e. The van der Waals surface area contributed by atoms with Crippen LogP contribution in [0.1, 0.15) is 53.9 Å². The van der Waals surface area contributed by atoms with Gasteiger partial charge in [-0.25, -0.2) is 0 Å². The van der Waals surface area contributed by atoms with Crippen LogP contribution in [0.2, 0.25) is 0 Å². The molecule has 3 heterocycles. The van der Waals surface area contributed by atoms with Crippen molar-refractivity contribution in [3.63, 3.8) is 0 Å². The number of hydrogen-bond donors (Lipinski definition) is 4. The quantitative estimate of drug-likeness (QED) is 0.323.